The Morgan fingerprint density at radius 3 is 2.71 bits per heavy atom. The van der Waals surface area contributed by atoms with E-state index in [-0.39, 0.29) is 6.79 Å². The molecule has 2 fully saturated rings. The number of ether oxygens (including phenoxy) is 6. The zero-order valence-electron chi connectivity index (χ0n) is 13.9. The van der Waals surface area contributed by atoms with E-state index in [1.54, 1.807) is 0 Å². The molecule has 0 spiro atoms. The Hall–Kier alpha value is -1.06. The van der Waals surface area contributed by atoms with Crippen LogP contribution in [0.25, 0.3) is 0 Å². The first-order valence-corrected chi connectivity index (χ1v) is 8.12. The third-order valence-corrected chi connectivity index (χ3v) is 4.16. The molecule has 1 N–H and O–H groups in total. The molecule has 0 aliphatic carbocycles. The van der Waals surface area contributed by atoms with Gasteiger partial charge in [-0.05, 0) is 6.92 Å². The fourth-order valence-electron chi connectivity index (χ4n) is 2.92. The molecule has 0 bridgehead atoms. The van der Waals surface area contributed by atoms with Gasteiger partial charge in [0, 0.05) is 19.3 Å². The summed E-state index contributed by atoms with van der Waals surface area (Å²) in [6.45, 7) is 2.75. The zero-order chi connectivity index (χ0) is 16.9. The smallest absolute Gasteiger partial charge is 0.186 e. The second kappa shape index (κ2) is 8.35. The minimum absolute atomic E-state index is 0.0530. The van der Waals surface area contributed by atoms with Crippen molar-refractivity contribution in [3.63, 3.8) is 0 Å². The van der Waals surface area contributed by atoms with Crippen LogP contribution < -0.4 is 0 Å². The van der Waals surface area contributed by atoms with Gasteiger partial charge in [-0.15, -0.1) is 0 Å². The maximum atomic E-state index is 10.7. The van der Waals surface area contributed by atoms with Gasteiger partial charge in [-0.2, -0.15) is 0 Å². The molecule has 2 saturated heterocycles. The van der Waals surface area contributed by atoms with Crippen molar-refractivity contribution in [2.45, 2.75) is 43.9 Å². The summed E-state index contributed by atoms with van der Waals surface area (Å²) >= 11 is 0. The number of aliphatic hydroxyl groups excluding tert-OH is 1. The SMILES string of the molecule is CCOCO[C@H]1[C@H](OC)O[C@@H]2COC(c3ccccc3)O[C@H]2[C@@H]1O. The van der Waals surface area contributed by atoms with Gasteiger partial charge in [-0.1, -0.05) is 30.3 Å². The highest BCUT2D eigenvalue weighted by Gasteiger charge is 2.50. The predicted molar refractivity (Wildman–Crippen MR) is 83.1 cm³/mol. The van der Waals surface area contributed by atoms with Crippen LogP contribution >= 0.6 is 0 Å². The molecule has 2 aliphatic heterocycles. The fourth-order valence-corrected chi connectivity index (χ4v) is 2.92. The van der Waals surface area contributed by atoms with Crippen molar-refractivity contribution < 1.29 is 33.5 Å². The van der Waals surface area contributed by atoms with Crippen LogP contribution in [0.4, 0.5) is 0 Å². The van der Waals surface area contributed by atoms with Crippen molar-refractivity contribution in [1.29, 1.82) is 0 Å². The summed E-state index contributed by atoms with van der Waals surface area (Å²) in [6, 6.07) is 9.59. The Bertz CT molecular complexity index is 497. The quantitative estimate of drug-likeness (QED) is 0.616. The molecule has 2 heterocycles. The van der Waals surface area contributed by atoms with Gasteiger partial charge in [-0.25, -0.2) is 0 Å². The number of aliphatic hydroxyl groups is 1. The van der Waals surface area contributed by atoms with Crippen LogP contribution in [0.1, 0.15) is 18.8 Å². The summed E-state index contributed by atoms with van der Waals surface area (Å²) in [6.07, 6.45) is -3.85. The lowest BCUT2D eigenvalue weighted by Crippen LogP contribution is -2.62. The second-order valence-electron chi connectivity index (χ2n) is 5.69. The van der Waals surface area contributed by atoms with Crippen molar-refractivity contribution in [3.8, 4) is 0 Å². The standard InChI is InChI=1S/C17H24O7/c1-3-20-10-22-15-13(18)14-12(23-17(15)19-2)9-21-16(24-14)11-7-5-4-6-8-11/h4-8,12-18H,3,9-10H2,1-2H3/t12-,13+,14-,15-,16?,17-/m1/s1. The molecule has 7 heteroatoms. The molecule has 0 radical (unpaired) electrons. The molecule has 134 valence electrons. The molecule has 6 atom stereocenters. The lowest BCUT2D eigenvalue weighted by atomic mass is 9.97. The average Bonchev–Trinajstić information content (AvgIpc) is 2.64. The van der Waals surface area contributed by atoms with Crippen LogP contribution in [0, 0.1) is 0 Å². The molecular formula is C17H24O7. The Balaban J connectivity index is 1.69. The summed E-state index contributed by atoms with van der Waals surface area (Å²) in [5.41, 5.74) is 0.892. The van der Waals surface area contributed by atoms with E-state index < -0.39 is 37.0 Å². The lowest BCUT2D eigenvalue weighted by molar-refractivity contribution is -0.367. The first kappa shape index (κ1) is 17.8. The maximum Gasteiger partial charge on any atom is 0.186 e. The largest absolute Gasteiger partial charge is 0.387 e. The molecule has 1 aromatic carbocycles. The Kier molecular flexibility index (Phi) is 6.18. The minimum atomic E-state index is -0.913. The van der Waals surface area contributed by atoms with E-state index in [9.17, 15) is 5.11 Å². The van der Waals surface area contributed by atoms with E-state index in [0.29, 0.717) is 13.2 Å². The van der Waals surface area contributed by atoms with E-state index in [4.69, 9.17) is 28.4 Å². The topological polar surface area (TPSA) is 75.6 Å². The molecule has 0 aromatic heterocycles. The van der Waals surface area contributed by atoms with Gasteiger partial charge in [0.25, 0.3) is 0 Å². The number of hydrogen-bond acceptors (Lipinski definition) is 7. The second-order valence-corrected chi connectivity index (χ2v) is 5.69. The van der Waals surface area contributed by atoms with Gasteiger partial charge in [0.1, 0.15) is 31.2 Å². The monoisotopic (exact) mass is 340 g/mol. The van der Waals surface area contributed by atoms with E-state index >= 15 is 0 Å². The van der Waals surface area contributed by atoms with Crippen molar-refractivity contribution in [3.05, 3.63) is 35.9 Å². The molecule has 3 rings (SSSR count). The Labute approximate surface area is 141 Å². The average molecular weight is 340 g/mol. The van der Waals surface area contributed by atoms with E-state index in [0.717, 1.165) is 5.56 Å². The molecular weight excluding hydrogens is 316 g/mol. The Morgan fingerprint density at radius 2 is 2.00 bits per heavy atom. The van der Waals surface area contributed by atoms with Crippen LogP contribution in [-0.4, -0.2) is 62.9 Å². The third-order valence-electron chi connectivity index (χ3n) is 4.16. The molecule has 24 heavy (non-hydrogen) atoms. The summed E-state index contributed by atoms with van der Waals surface area (Å²) in [5.74, 6) is 0. The number of benzene rings is 1. The highest BCUT2D eigenvalue weighted by Crippen LogP contribution is 2.35. The number of methoxy groups -OCH3 is 1. The van der Waals surface area contributed by atoms with Crippen molar-refractivity contribution in [2.24, 2.45) is 0 Å². The molecule has 7 nitrogen and oxygen atoms in total. The number of hydrogen-bond donors (Lipinski definition) is 1. The van der Waals surface area contributed by atoms with Crippen LogP contribution in [0.15, 0.2) is 30.3 Å². The summed E-state index contributed by atoms with van der Waals surface area (Å²) in [5, 5.41) is 10.7. The van der Waals surface area contributed by atoms with Gasteiger partial charge in [-0.3, -0.25) is 0 Å². The highest BCUT2D eigenvalue weighted by molar-refractivity contribution is 5.16. The minimum Gasteiger partial charge on any atom is -0.387 e. The van der Waals surface area contributed by atoms with Crippen LogP contribution in [0.5, 0.6) is 0 Å². The van der Waals surface area contributed by atoms with Crippen molar-refractivity contribution in [1.82, 2.24) is 0 Å². The van der Waals surface area contributed by atoms with E-state index in [1.165, 1.54) is 7.11 Å². The Morgan fingerprint density at radius 1 is 1.21 bits per heavy atom. The first-order chi connectivity index (χ1) is 11.7. The number of fused-ring (bicyclic) bond motifs is 1. The molecule has 0 amide bonds. The highest BCUT2D eigenvalue weighted by atomic mass is 16.8. The molecule has 0 saturated carbocycles. The van der Waals surface area contributed by atoms with Crippen molar-refractivity contribution in [2.75, 3.05) is 27.1 Å². The fraction of sp³-hybridized carbons (Fsp3) is 0.647. The van der Waals surface area contributed by atoms with Crippen LogP contribution in [0.2, 0.25) is 0 Å². The third kappa shape index (κ3) is 3.78. The predicted octanol–water partition coefficient (Wildman–Crippen LogP) is 1.21. The molecule has 2 aliphatic rings. The summed E-state index contributed by atoms with van der Waals surface area (Å²) in [7, 11) is 1.51. The van der Waals surface area contributed by atoms with Gasteiger partial charge in [0.2, 0.25) is 0 Å². The normalized spacial score (nSPS) is 36.3. The van der Waals surface area contributed by atoms with Crippen molar-refractivity contribution >= 4 is 0 Å². The van der Waals surface area contributed by atoms with Gasteiger partial charge in [0.05, 0.1) is 6.61 Å². The molecule has 1 unspecified atom stereocenters. The lowest BCUT2D eigenvalue weighted by Gasteiger charge is -2.47. The van der Waals surface area contributed by atoms with Gasteiger partial charge in [0.15, 0.2) is 12.6 Å². The number of rotatable bonds is 6. The zero-order valence-corrected chi connectivity index (χ0v) is 13.9. The van der Waals surface area contributed by atoms with E-state index in [2.05, 4.69) is 0 Å². The van der Waals surface area contributed by atoms with Gasteiger partial charge < -0.3 is 33.5 Å². The first-order valence-electron chi connectivity index (χ1n) is 8.12. The molecule has 1 aromatic rings. The summed E-state index contributed by atoms with van der Waals surface area (Å²) < 4.78 is 33.6. The maximum absolute atomic E-state index is 10.7. The van der Waals surface area contributed by atoms with Crippen LogP contribution in [0.3, 0.4) is 0 Å². The summed E-state index contributed by atoms with van der Waals surface area (Å²) in [4.78, 5) is 0. The van der Waals surface area contributed by atoms with E-state index in [1.807, 2.05) is 37.3 Å². The van der Waals surface area contributed by atoms with Gasteiger partial charge >= 0.3 is 0 Å². The van der Waals surface area contributed by atoms with Crippen LogP contribution in [-0.2, 0) is 28.4 Å².